The maximum absolute atomic E-state index is 11.4. The number of hydrogen-bond acceptors (Lipinski definition) is 10. The molecular weight excluding hydrogens is 390 g/mol. The van der Waals surface area contributed by atoms with Crippen LogP contribution in [0.5, 0.6) is 0 Å². The van der Waals surface area contributed by atoms with Gasteiger partial charge in [0.15, 0.2) is 12.4 Å². The highest BCUT2D eigenvalue weighted by atomic mass is 16.7. The Kier molecular flexibility index (Phi) is 8.65. The SMILES string of the molecule is CC(=O)OC[C@H]1OC[C@H](OC(C)=O)[C@@H]1O[C@@H]1C[C@@H](OC(C)=O)C[C@H](CN=[N+]=[N-])O1. The van der Waals surface area contributed by atoms with Gasteiger partial charge in [-0.25, -0.2) is 0 Å². The summed E-state index contributed by atoms with van der Waals surface area (Å²) in [5, 5.41) is 3.50. The molecule has 2 aliphatic heterocycles. The number of hydrogen-bond donors (Lipinski definition) is 0. The first-order chi connectivity index (χ1) is 13.8. The summed E-state index contributed by atoms with van der Waals surface area (Å²) >= 11 is 0. The van der Waals surface area contributed by atoms with E-state index in [1.807, 2.05) is 0 Å². The fourth-order valence-corrected chi connectivity index (χ4v) is 3.25. The highest BCUT2D eigenvalue weighted by Gasteiger charge is 2.44. The molecule has 12 heteroatoms. The summed E-state index contributed by atoms with van der Waals surface area (Å²) in [5.74, 6) is -1.45. The van der Waals surface area contributed by atoms with E-state index < -0.39 is 54.7 Å². The molecule has 2 aliphatic rings. The van der Waals surface area contributed by atoms with Crippen molar-refractivity contribution in [3.8, 4) is 0 Å². The molecule has 0 amide bonds. The van der Waals surface area contributed by atoms with Crippen molar-refractivity contribution < 1.29 is 42.8 Å². The number of carbonyl (C=O) groups excluding carboxylic acids is 3. The Balaban J connectivity index is 2.09. The summed E-state index contributed by atoms with van der Waals surface area (Å²) in [6, 6.07) is 0. The Hall–Kier alpha value is -2.40. The molecular formula is C17H25N3O9. The van der Waals surface area contributed by atoms with Crippen molar-refractivity contribution in [1.82, 2.24) is 0 Å². The third-order valence-electron chi connectivity index (χ3n) is 4.29. The van der Waals surface area contributed by atoms with Crippen molar-refractivity contribution in [1.29, 1.82) is 0 Å². The van der Waals surface area contributed by atoms with Crippen molar-refractivity contribution in [3.63, 3.8) is 0 Å². The minimum Gasteiger partial charge on any atom is -0.463 e. The van der Waals surface area contributed by atoms with Gasteiger partial charge in [-0.3, -0.25) is 14.4 Å². The van der Waals surface area contributed by atoms with Crippen molar-refractivity contribution in [3.05, 3.63) is 10.4 Å². The molecule has 0 bridgehead atoms. The molecule has 162 valence electrons. The minimum absolute atomic E-state index is 0.0412. The van der Waals surface area contributed by atoms with E-state index in [9.17, 15) is 14.4 Å². The zero-order valence-electron chi connectivity index (χ0n) is 16.5. The predicted octanol–water partition coefficient (Wildman–Crippen LogP) is 1.01. The maximum atomic E-state index is 11.4. The van der Waals surface area contributed by atoms with Crippen LogP contribution in [0.25, 0.3) is 10.4 Å². The van der Waals surface area contributed by atoms with Crippen LogP contribution in [0.15, 0.2) is 5.11 Å². The van der Waals surface area contributed by atoms with Gasteiger partial charge in [-0.1, -0.05) is 5.11 Å². The molecule has 0 spiro atoms. The van der Waals surface area contributed by atoms with Crippen LogP contribution in [0.3, 0.4) is 0 Å². The molecule has 6 atom stereocenters. The molecule has 0 unspecified atom stereocenters. The molecule has 2 rings (SSSR count). The Bertz CT molecular complexity index is 640. The van der Waals surface area contributed by atoms with E-state index in [0.717, 1.165) is 0 Å². The molecule has 0 aromatic heterocycles. The van der Waals surface area contributed by atoms with Crippen molar-refractivity contribution in [2.45, 2.75) is 70.4 Å². The maximum Gasteiger partial charge on any atom is 0.303 e. The topological polar surface area (TPSA) is 155 Å². The second-order valence-corrected chi connectivity index (χ2v) is 6.73. The van der Waals surface area contributed by atoms with Gasteiger partial charge in [0.1, 0.15) is 24.9 Å². The molecule has 2 saturated heterocycles. The molecule has 0 radical (unpaired) electrons. The lowest BCUT2D eigenvalue weighted by Crippen LogP contribution is -2.46. The van der Waals surface area contributed by atoms with Crippen LogP contribution >= 0.6 is 0 Å². The summed E-state index contributed by atoms with van der Waals surface area (Å²) in [5.41, 5.74) is 8.54. The Morgan fingerprint density at radius 3 is 2.45 bits per heavy atom. The quantitative estimate of drug-likeness (QED) is 0.186. The van der Waals surface area contributed by atoms with Gasteiger partial charge in [0.2, 0.25) is 0 Å². The van der Waals surface area contributed by atoms with Crippen LogP contribution < -0.4 is 0 Å². The van der Waals surface area contributed by atoms with E-state index >= 15 is 0 Å². The fraction of sp³-hybridized carbons (Fsp3) is 0.824. The van der Waals surface area contributed by atoms with Gasteiger partial charge in [-0.15, -0.1) is 0 Å². The van der Waals surface area contributed by atoms with Gasteiger partial charge < -0.3 is 28.4 Å². The smallest absolute Gasteiger partial charge is 0.303 e. The average molecular weight is 415 g/mol. The highest BCUT2D eigenvalue weighted by Crippen LogP contribution is 2.29. The summed E-state index contributed by atoms with van der Waals surface area (Å²) in [6.07, 6.45) is -3.42. The van der Waals surface area contributed by atoms with E-state index in [4.69, 9.17) is 34.0 Å². The molecule has 29 heavy (non-hydrogen) atoms. The van der Waals surface area contributed by atoms with Crippen molar-refractivity contribution in [2.75, 3.05) is 19.8 Å². The van der Waals surface area contributed by atoms with Crippen LogP contribution in [-0.2, 0) is 42.8 Å². The van der Waals surface area contributed by atoms with Gasteiger partial charge in [0, 0.05) is 38.5 Å². The van der Waals surface area contributed by atoms with Crippen LogP contribution in [0.4, 0.5) is 0 Å². The van der Waals surface area contributed by atoms with Crippen LogP contribution in [0.2, 0.25) is 0 Å². The lowest BCUT2D eigenvalue weighted by Gasteiger charge is -2.36. The number of nitrogens with zero attached hydrogens (tertiary/aromatic N) is 3. The van der Waals surface area contributed by atoms with Crippen LogP contribution in [0, 0.1) is 0 Å². The first-order valence-corrected chi connectivity index (χ1v) is 9.19. The standard InChI is InChI=1S/C17H25N3O9/c1-9(21)24-7-14-17(15(8-25-14)27-11(3)23)29-16-5-12(26-10(2)22)4-13(28-16)6-19-20-18/h12-17H,4-8H2,1-3H3/t12-,13+,14+,15-,16+,17+/m0/s1. The van der Waals surface area contributed by atoms with Gasteiger partial charge >= 0.3 is 17.9 Å². The van der Waals surface area contributed by atoms with Gasteiger partial charge in [-0.2, -0.15) is 0 Å². The predicted molar refractivity (Wildman–Crippen MR) is 94.3 cm³/mol. The van der Waals surface area contributed by atoms with Gasteiger partial charge in [0.25, 0.3) is 0 Å². The monoisotopic (exact) mass is 415 g/mol. The molecule has 0 N–H and O–H groups in total. The third-order valence-corrected chi connectivity index (χ3v) is 4.29. The summed E-state index contributed by atoms with van der Waals surface area (Å²) < 4.78 is 32.9. The van der Waals surface area contributed by atoms with Crippen LogP contribution in [-0.4, -0.2) is 74.5 Å². The highest BCUT2D eigenvalue weighted by molar-refractivity contribution is 5.66. The number of azide groups is 1. The number of ether oxygens (including phenoxy) is 6. The van der Waals surface area contributed by atoms with E-state index in [1.165, 1.54) is 20.8 Å². The van der Waals surface area contributed by atoms with E-state index in [2.05, 4.69) is 10.0 Å². The van der Waals surface area contributed by atoms with Crippen LogP contribution in [0.1, 0.15) is 33.6 Å². The molecule has 0 saturated carbocycles. The minimum atomic E-state index is -0.837. The zero-order valence-corrected chi connectivity index (χ0v) is 16.5. The largest absolute Gasteiger partial charge is 0.463 e. The lowest BCUT2D eigenvalue weighted by atomic mass is 10.0. The summed E-state index contributed by atoms with van der Waals surface area (Å²) in [4.78, 5) is 36.6. The zero-order chi connectivity index (χ0) is 21.4. The fourth-order valence-electron chi connectivity index (χ4n) is 3.25. The summed E-state index contributed by atoms with van der Waals surface area (Å²) in [6.45, 7) is 3.85. The molecule has 0 aliphatic carbocycles. The van der Waals surface area contributed by atoms with Gasteiger partial charge in [-0.05, 0) is 5.53 Å². The van der Waals surface area contributed by atoms with Gasteiger partial charge in [0.05, 0.1) is 19.3 Å². The average Bonchev–Trinajstić information content (AvgIpc) is 2.98. The molecule has 0 aromatic carbocycles. The van der Waals surface area contributed by atoms with Crippen molar-refractivity contribution >= 4 is 17.9 Å². The molecule has 2 fully saturated rings. The second-order valence-electron chi connectivity index (χ2n) is 6.73. The third kappa shape index (κ3) is 7.50. The first kappa shape index (κ1) is 22.9. The Morgan fingerprint density at radius 2 is 1.83 bits per heavy atom. The Labute approximate surface area is 167 Å². The molecule has 2 heterocycles. The number of rotatable bonds is 8. The second kappa shape index (κ2) is 11.0. The normalized spacial score (nSPS) is 31.4. The number of carbonyl (C=O) groups is 3. The Morgan fingerprint density at radius 1 is 1.10 bits per heavy atom. The van der Waals surface area contributed by atoms with E-state index in [0.29, 0.717) is 6.42 Å². The molecule has 0 aromatic rings. The van der Waals surface area contributed by atoms with E-state index in [-0.39, 0.29) is 26.2 Å². The lowest BCUT2D eigenvalue weighted by molar-refractivity contribution is -0.250. The van der Waals surface area contributed by atoms with Crippen molar-refractivity contribution in [2.24, 2.45) is 5.11 Å². The van der Waals surface area contributed by atoms with E-state index in [1.54, 1.807) is 0 Å². The summed E-state index contributed by atoms with van der Waals surface area (Å²) in [7, 11) is 0. The number of esters is 3. The first-order valence-electron chi connectivity index (χ1n) is 9.19. The molecule has 12 nitrogen and oxygen atoms in total.